The molecule has 0 unspecified atom stereocenters. The van der Waals surface area contributed by atoms with Gasteiger partial charge in [0.2, 0.25) is 0 Å². The lowest BCUT2D eigenvalue weighted by molar-refractivity contribution is -0.384. The molecule has 0 spiro atoms. The number of amides is 1. The summed E-state index contributed by atoms with van der Waals surface area (Å²) < 4.78 is 6.44. The molecule has 36 heavy (non-hydrogen) atoms. The molecular formula is C27H23BrN4O4. The zero-order valence-electron chi connectivity index (χ0n) is 19.3. The molecule has 4 rings (SSSR count). The molecule has 8 nitrogen and oxygen atoms in total. The van der Waals surface area contributed by atoms with Gasteiger partial charge in [0.1, 0.15) is 24.0 Å². The van der Waals surface area contributed by atoms with E-state index < -0.39 is 4.92 Å². The van der Waals surface area contributed by atoms with Crippen LogP contribution in [0.3, 0.4) is 0 Å². The number of benzene rings is 3. The minimum absolute atomic E-state index is 0.00540. The lowest BCUT2D eigenvalue weighted by Crippen LogP contribution is -2.49. The number of nitriles is 1. The first-order valence-corrected chi connectivity index (χ1v) is 12.1. The van der Waals surface area contributed by atoms with E-state index in [0.29, 0.717) is 47.5 Å². The Hall–Kier alpha value is -4.16. The van der Waals surface area contributed by atoms with Crippen molar-refractivity contribution in [2.45, 2.75) is 6.61 Å². The maximum Gasteiger partial charge on any atom is 0.269 e. The second-order valence-corrected chi connectivity index (χ2v) is 9.04. The van der Waals surface area contributed by atoms with Gasteiger partial charge in [-0.1, -0.05) is 36.4 Å². The molecule has 0 radical (unpaired) electrons. The van der Waals surface area contributed by atoms with E-state index in [1.807, 2.05) is 36.4 Å². The summed E-state index contributed by atoms with van der Waals surface area (Å²) in [4.78, 5) is 27.4. The molecule has 0 atom stereocenters. The Morgan fingerprint density at radius 3 is 2.47 bits per heavy atom. The molecule has 182 valence electrons. The number of nitrogens with zero attached hydrogens (tertiary/aromatic N) is 4. The van der Waals surface area contributed by atoms with Crippen LogP contribution >= 0.6 is 15.9 Å². The zero-order valence-corrected chi connectivity index (χ0v) is 20.9. The standard InChI is InChI=1S/C27H23BrN4O4/c28-25-17-20(9-10-26(25)36-19-21-5-4-8-24(16-21)32(34)35)15-22(18-29)27(33)31-13-11-30(12-14-31)23-6-2-1-3-7-23/h1-10,15-17H,11-14,19H2/b22-15-. The number of hydrogen-bond donors (Lipinski definition) is 0. The summed E-state index contributed by atoms with van der Waals surface area (Å²) in [5, 5.41) is 20.6. The third kappa shape index (κ3) is 6.09. The largest absolute Gasteiger partial charge is 0.488 e. The number of carbonyl (C=O) groups excluding carboxylic acids is 1. The fourth-order valence-corrected chi connectivity index (χ4v) is 4.44. The number of halogens is 1. The Labute approximate surface area is 217 Å². The molecule has 3 aromatic rings. The van der Waals surface area contributed by atoms with Gasteiger partial charge in [-0.05, 0) is 57.4 Å². The summed E-state index contributed by atoms with van der Waals surface area (Å²) in [5.74, 6) is 0.257. The van der Waals surface area contributed by atoms with Gasteiger partial charge in [0, 0.05) is 44.0 Å². The van der Waals surface area contributed by atoms with Crippen molar-refractivity contribution in [2.24, 2.45) is 0 Å². The van der Waals surface area contributed by atoms with Gasteiger partial charge < -0.3 is 14.5 Å². The summed E-state index contributed by atoms with van der Waals surface area (Å²) in [6, 6.07) is 23.6. The Kier molecular flexibility index (Phi) is 7.98. The third-order valence-corrected chi connectivity index (χ3v) is 6.44. The lowest BCUT2D eigenvalue weighted by Gasteiger charge is -2.36. The maximum atomic E-state index is 13.0. The van der Waals surface area contributed by atoms with E-state index >= 15 is 0 Å². The molecule has 0 N–H and O–H groups in total. The van der Waals surface area contributed by atoms with E-state index in [4.69, 9.17) is 4.74 Å². The second-order valence-electron chi connectivity index (χ2n) is 8.19. The summed E-state index contributed by atoms with van der Waals surface area (Å²) >= 11 is 3.47. The quantitative estimate of drug-likeness (QED) is 0.175. The molecule has 3 aromatic carbocycles. The minimum atomic E-state index is -0.447. The number of rotatable bonds is 7. The smallest absolute Gasteiger partial charge is 0.269 e. The summed E-state index contributed by atoms with van der Waals surface area (Å²) in [5.41, 5.74) is 2.55. The molecule has 1 heterocycles. The average molecular weight is 547 g/mol. The van der Waals surface area contributed by atoms with Crippen LogP contribution in [0.1, 0.15) is 11.1 Å². The maximum absolute atomic E-state index is 13.0. The topological polar surface area (TPSA) is 99.7 Å². The van der Waals surface area contributed by atoms with Crippen LogP contribution in [-0.4, -0.2) is 41.9 Å². The lowest BCUT2D eigenvalue weighted by atomic mass is 10.1. The molecular weight excluding hydrogens is 524 g/mol. The number of anilines is 1. The van der Waals surface area contributed by atoms with Gasteiger partial charge in [-0.3, -0.25) is 14.9 Å². The molecule has 1 fully saturated rings. The van der Waals surface area contributed by atoms with Crippen LogP contribution in [0.5, 0.6) is 5.75 Å². The van der Waals surface area contributed by atoms with Gasteiger partial charge in [-0.2, -0.15) is 5.26 Å². The van der Waals surface area contributed by atoms with Crippen molar-refractivity contribution in [1.82, 2.24) is 4.90 Å². The van der Waals surface area contributed by atoms with Crippen molar-refractivity contribution < 1.29 is 14.5 Å². The van der Waals surface area contributed by atoms with Gasteiger partial charge >= 0.3 is 0 Å². The minimum Gasteiger partial charge on any atom is -0.488 e. The van der Waals surface area contributed by atoms with Crippen LogP contribution in [0.2, 0.25) is 0 Å². The number of non-ortho nitro benzene ring substituents is 1. The molecule has 1 amide bonds. The van der Waals surface area contributed by atoms with E-state index in [2.05, 4.69) is 20.8 Å². The van der Waals surface area contributed by atoms with Crippen LogP contribution in [-0.2, 0) is 11.4 Å². The molecule has 1 aliphatic rings. The SMILES string of the molecule is N#C/C(=C/c1ccc(OCc2cccc([N+](=O)[O-])c2)c(Br)c1)C(=O)N1CCN(c2ccccc2)CC1. The van der Waals surface area contributed by atoms with Crippen molar-refractivity contribution in [3.63, 3.8) is 0 Å². The predicted octanol–water partition coefficient (Wildman–Crippen LogP) is 5.19. The van der Waals surface area contributed by atoms with Crippen LogP contribution in [0.15, 0.2) is 82.8 Å². The molecule has 9 heteroatoms. The van der Waals surface area contributed by atoms with Gasteiger partial charge in [-0.25, -0.2) is 0 Å². The van der Waals surface area contributed by atoms with Gasteiger partial charge in [0.05, 0.1) is 9.40 Å². The normalized spacial score (nSPS) is 13.7. The van der Waals surface area contributed by atoms with Crippen molar-refractivity contribution in [3.05, 3.63) is 104 Å². The van der Waals surface area contributed by atoms with Crippen molar-refractivity contribution in [3.8, 4) is 11.8 Å². The zero-order chi connectivity index (χ0) is 25.5. The van der Waals surface area contributed by atoms with E-state index in [0.717, 1.165) is 5.69 Å². The van der Waals surface area contributed by atoms with E-state index in [-0.39, 0.29) is 23.8 Å². The van der Waals surface area contributed by atoms with Gasteiger partial charge in [0.25, 0.3) is 11.6 Å². The summed E-state index contributed by atoms with van der Waals surface area (Å²) in [6.45, 7) is 2.65. The van der Waals surface area contributed by atoms with Crippen molar-refractivity contribution in [1.29, 1.82) is 5.26 Å². The van der Waals surface area contributed by atoms with E-state index in [1.54, 1.807) is 41.3 Å². The Bertz CT molecular complexity index is 1330. The number of nitro benzene ring substituents is 1. The molecule has 0 saturated carbocycles. The molecule has 0 aliphatic carbocycles. The highest BCUT2D eigenvalue weighted by Crippen LogP contribution is 2.28. The van der Waals surface area contributed by atoms with Gasteiger partial charge in [-0.15, -0.1) is 0 Å². The number of hydrogen-bond acceptors (Lipinski definition) is 6. The third-order valence-electron chi connectivity index (χ3n) is 5.82. The first-order chi connectivity index (χ1) is 17.4. The van der Waals surface area contributed by atoms with Crippen molar-refractivity contribution in [2.75, 3.05) is 31.1 Å². The van der Waals surface area contributed by atoms with Crippen LogP contribution < -0.4 is 9.64 Å². The first kappa shape index (κ1) is 24.9. The average Bonchev–Trinajstić information content (AvgIpc) is 2.91. The Balaban J connectivity index is 1.39. The Morgan fingerprint density at radius 1 is 1.06 bits per heavy atom. The van der Waals surface area contributed by atoms with Gasteiger partial charge in [0.15, 0.2) is 0 Å². The van der Waals surface area contributed by atoms with Crippen LogP contribution in [0.25, 0.3) is 6.08 Å². The highest BCUT2D eigenvalue weighted by atomic mass is 79.9. The highest BCUT2D eigenvalue weighted by Gasteiger charge is 2.24. The van der Waals surface area contributed by atoms with Crippen LogP contribution in [0, 0.1) is 21.4 Å². The first-order valence-electron chi connectivity index (χ1n) is 11.3. The molecule has 0 bridgehead atoms. The predicted molar refractivity (Wildman–Crippen MR) is 140 cm³/mol. The fourth-order valence-electron chi connectivity index (χ4n) is 3.93. The van der Waals surface area contributed by atoms with Crippen LogP contribution in [0.4, 0.5) is 11.4 Å². The molecule has 0 aromatic heterocycles. The Morgan fingerprint density at radius 2 is 1.81 bits per heavy atom. The second kappa shape index (κ2) is 11.5. The number of ether oxygens (including phenoxy) is 1. The fraction of sp³-hybridized carbons (Fsp3) is 0.185. The number of piperazine rings is 1. The van der Waals surface area contributed by atoms with E-state index in [1.165, 1.54) is 12.1 Å². The van der Waals surface area contributed by atoms with E-state index in [9.17, 15) is 20.2 Å². The monoisotopic (exact) mass is 546 g/mol. The van der Waals surface area contributed by atoms with Crippen molar-refractivity contribution >= 4 is 39.3 Å². The number of nitro groups is 1. The summed E-state index contributed by atoms with van der Waals surface area (Å²) in [7, 11) is 0. The molecule has 1 aliphatic heterocycles. The summed E-state index contributed by atoms with van der Waals surface area (Å²) in [6.07, 6.45) is 1.57. The number of carbonyl (C=O) groups is 1. The molecule has 1 saturated heterocycles. The highest BCUT2D eigenvalue weighted by molar-refractivity contribution is 9.10. The number of para-hydroxylation sites is 1.